The number of nitrogens with zero attached hydrogens (tertiary/aromatic N) is 2. The number of amides is 1. The van der Waals surface area contributed by atoms with E-state index in [1.165, 1.54) is 29.3 Å². The van der Waals surface area contributed by atoms with Gasteiger partial charge in [0, 0.05) is 19.3 Å². The number of aromatic nitrogens is 1. The maximum atomic E-state index is 12.8. The van der Waals surface area contributed by atoms with Gasteiger partial charge in [0.15, 0.2) is 0 Å². The number of carbonyl (C=O) groups is 1. The second kappa shape index (κ2) is 8.52. The van der Waals surface area contributed by atoms with Crippen LogP contribution in [-0.4, -0.2) is 35.1 Å². The quantitative estimate of drug-likeness (QED) is 0.736. The van der Waals surface area contributed by atoms with Crippen molar-refractivity contribution in [3.63, 3.8) is 0 Å². The molecule has 3 rings (SSSR count). The average molecular weight is 355 g/mol. The number of piperidine rings is 1. The molecule has 0 radical (unpaired) electrons. The summed E-state index contributed by atoms with van der Waals surface area (Å²) in [4.78, 5) is 19.1. The van der Waals surface area contributed by atoms with E-state index in [1.54, 1.807) is 6.20 Å². The summed E-state index contributed by atoms with van der Waals surface area (Å²) in [6.07, 6.45) is 8.28. The van der Waals surface area contributed by atoms with Crippen molar-refractivity contribution in [1.29, 1.82) is 0 Å². The van der Waals surface area contributed by atoms with E-state index in [1.807, 2.05) is 23.3 Å². The van der Waals surface area contributed by atoms with Crippen molar-refractivity contribution in [2.24, 2.45) is 5.92 Å². The van der Waals surface area contributed by atoms with E-state index >= 15 is 0 Å². The number of pyridine rings is 1. The van der Waals surface area contributed by atoms with Crippen LogP contribution in [0.4, 0.5) is 0 Å². The van der Waals surface area contributed by atoms with E-state index in [9.17, 15) is 4.79 Å². The first-order valence-electron chi connectivity index (χ1n) is 9.01. The molecule has 3 nitrogen and oxygen atoms in total. The maximum absolute atomic E-state index is 12.8. The minimum absolute atomic E-state index is 0.134. The number of benzene rings is 1. The van der Waals surface area contributed by atoms with Crippen molar-refractivity contribution in [3.05, 3.63) is 59.3 Å². The molecule has 1 aliphatic rings. The van der Waals surface area contributed by atoms with E-state index in [2.05, 4.69) is 36.2 Å². The van der Waals surface area contributed by atoms with E-state index in [0.717, 1.165) is 48.9 Å². The molecule has 0 unspecified atom stereocenters. The Morgan fingerprint density at radius 3 is 2.60 bits per heavy atom. The number of aryl methyl sites for hydroxylation is 2. The Morgan fingerprint density at radius 1 is 1.20 bits per heavy atom. The Labute approximate surface area is 154 Å². The first-order chi connectivity index (χ1) is 12.2. The number of likely N-dealkylation sites (tertiary alicyclic amines) is 1. The summed E-state index contributed by atoms with van der Waals surface area (Å²) < 4.78 is 0. The molecule has 2 heterocycles. The van der Waals surface area contributed by atoms with Gasteiger partial charge in [0.05, 0.1) is 5.56 Å². The van der Waals surface area contributed by atoms with Crippen molar-refractivity contribution in [1.82, 2.24) is 9.88 Å². The number of thioether (sulfide) groups is 1. The predicted octanol–water partition coefficient (Wildman–Crippen LogP) is 4.60. The maximum Gasteiger partial charge on any atom is 0.256 e. The third-order valence-corrected chi connectivity index (χ3v) is 5.77. The third-order valence-electron chi connectivity index (χ3n) is 5.06. The van der Waals surface area contributed by atoms with Crippen LogP contribution in [0, 0.1) is 12.8 Å². The van der Waals surface area contributed by atoms with Crippen molar-refractivity contribution >= 4 is 17.7 Å². The first kappa shape index (κ1) is 18.0. The lowest BCUT2D eigenvalue weighted by molar-refractivity contribution is 0.0682. The van der Waals surface area contributed by atoms with Gasteiger partial charge < -0.3 is 4.90 Å². The lowest BCUT2D eigenvalue weighted by Crippen LogP contribution is -2.38. The van der Waals surface area contributed by atoms with Gasteiger partial charge in [-0.15, -0.1) is 11.8 Å². The molecular weight excluding hydrogens is 328 g/mol. The van der Waals surface area contributed by atoms with Gasteiger partial charge in [-0.25, -0.2) is 4.98 Å². The first-order valence-corrected chi connectivity index (χ1v) is 10.2. The molecular formula is C21H26N2OS. The molecule has 1 aromatic heterocycles. The van der Waals surface area contributed by atoms with Crippen LogP contribution in [0.5, 0.6) is 0 Å². The highest BCUT2D eigenvalue weighted by atomic mass is 32.2. The van der Waals surface area contributed by atoms with Crippen LogP contribution in [-0.2, 0) is 6.42 Å². The molecule has 0 N–H and O–H groups in total. The van der Waals surface area contributed by atoms with Crippen LogP contribution in [0.25, 0.3) is 0 Å². The molecule has 4 heteroatoms. The molecule has 0 atom stereocenters. The van der Waals surface area contributed by atoms with E-state index in [-0.39, 0.29) is 5.91 Å². The van der Waals surface area contributed by atoms with Gasteiger partial charge in [-0.1, -0.05) is 29.8 Å². The highest BCUT2D eigenvalue weighted by molar-refractivity contribution is 7.98. The molecule has 132 valence electrons. The molecule has 1 amide bonds. The van der Waals surface area contributed by atoms with Gasteiger partial charge in [-0.05, 0) is 62.5 Å². The Morgan fingerprint density at radius 2 is 1.92 bits per heavy atom. The fourth-order valence-corrected chi connectivity index (χ4v) is 3.98. The second-order valence-corrected chi connectivity index (χ2v) is 7.62. The van der Waals surface area contributed by atoms with Gasteiger partial charge in [0.1, 0.15) is 5.03 Å². The summed E-state index contributed by atoms with van der Waals surface area (Å²) in [6, 6.07) is 12.6. The monoisotopic (exact) mass is 354 g/mol. The van der Waals surface area contributed by atoms with E-state index in [0.29, 0.717) is 0 Å². The van der Waals surface area contributed by atoms with Gasteiger partial charge in [-0.2, -0.15) is 0 Å². The second-order valence-electron chi connectivity index (χ2n) is 6.82. The van der Waals surface area contributed by atoms with Gasteiger partial charge in [0.2, 0.25) is 0 Å². The SMILES string of the molecule is CSc1ncccc1C(=O)N1CCC(CCc2ccc(C)cc2)CC1. The summed E-state index contributed by atoms with van der Waals surface area (Å²) in [5.41, 5.74) is 3.48. The zero-order valence-corrected chi connectivity index (χ0v) is 15.9. The number of hydrogen-bond acceptors (Lipinski definition) is 3. The lowest BCUT2D eigenvalue weighted by atomic mass is 9.90. The standard InChI is InChI=1S/C21H26N2OS/c1-16-5-7-17(8-6-16)9-10-18-11-14-23(15-12-18)21(24)19-4-3-13-22-20(19)25-2/h3-8,13,18H,9-12,14-15H2,1-2H3. The summed E-state index contributed by atoms with van der Waals surface area (Å²) >= 11 is 1.54. The zero-order valence-electron chi connectivity index (χ0n) is 15.1. The Hall–Kier alpha value is -1.81. The topological polar surface area (TPSA) is 33.2 Å². The molecule has 1 aromatic carbocycles. The summed E-state index contributed by atoms with van der Waals surface area (Å²) in [7, 11) is 0. The summed E-state index contributed by atoms with van der Waals surface area (Å²) in [5, 5.41) is 0.828. The smallest absolute Gasteiger partial charge is 0.256 e. The number of hydrogen-bond donors (Lipinski definition) is 0. The molecule has 0 spiro atoms. The van der Waals surface area contributed by atoms with Crippen molar-refractivity contribution in [2.75, 3.05) is 19.3 Å². The van der Waals surface area contributed by atoms with Crippen LogP contribution in [0.15, 0.2) is 47.6 Å². The minimum atomic E-state index is 0.134. The lowest BCUT2D eigenvalue weighted by Gasteiger charge is -2.32. The van der Waals surface area contributed by atoms with Crippen LogP contribution >= 0.6 is 11.8 Å². The molecule has 1 fully saturated rings. The summed E-state index contributed by atoms with van der Waals surface area (Å²) in [5.74, 6) is 0.855. The number of rotatable bonds is 5. The van der Waals surface area contributed by atoms with E-state index in [4.69, 9.17) is 0 Å². The molecule has 25 heavy (non-hydrogen) atoms. The third kappa shape index (κ3) is 4.63. The van der Waals surface area contributed by atoms with Crippen molar-refractivity contribution in [3.8, 4) is 0 Å². The van der Waals surface area contributed by atoms with Crippen LogP contribution in [0.3, 0.4) is 0 Å². The van der Waals surface area contributed by atoms with E-state index < -0.39 is 0 Å². The fourth-order valence-electron chi connectivity index (χ4n) is 3.44. The number of carbonyl (C=O) groups excluding carboxylic acids is 1. The normalized spacial score (nSPS) is 15.4. The zero-order chi connectivity index (χ0) is 17.6. The van der Waals surface area contributed by atoms with Crippen LogP contribution < -0.4 is 0 Å². The molecule has 1 saturated heterocycles. The highest BCUT2D eigenvalue weighted by Crippen LogP contribution is 2.25. The molecule has 2 aromatic rings. The molecule has 0 aliphatic carbocycles. The Kier molecular flexibility index (Phi) is 6.14. The summed E-state index contributed by atoms with van der Waals surface area (Å²) in [6.45, 7) is 3.85. The van der Waals surface area contributed by atoms with Crippen molar-refractivity contribution < 1.29 is 4.79 Å². The highest BCUT2D eigenvalue weighted by Gasteiger charge is 2.25. The fraction of sp³-hybridized carbons (Fsp3) is 0.429. The van der Waals surface area contributed by atoms with Gasteiger partial charge in [-0.3, -0.25) is 4.79 Å². The van der Waals surface area contributed by atoms with Gasteiger partial charge >= 0.3 is 0 Å². The minimum Gasteiger partial charge on any atom is -0.339 e. The average Bonchev–Trinajstić information content (AvgIpc) is 2.67. The van der Waals surface area contributed by atoms with Crippen LogP contribution in [0.2, 0.25) is 0 Å². The Bertz CT molecular complexity index is 706. The largest absolute Gasteiger partial charge is 0.339 e. The molecule has 0 saturated carbocycles. The van der Waals surface area contributed by atoms with Crippen molar-refractivity contribution in [2.45, 2.75) is 37.6 Å². The molecule has 1 aliphatic heterocycles. The van der Waals surface area contributed by atoms with Gasteiger partial charge in [0.25, 0.3) is 5.91 Å². The predicted molar refractivity (Wildman–Crippen MR) is 104 cm³/mol. The Balaban J connectivity index is 1.51. The van der Waals surface area contributed by atoms with Crippen LogP contribution in [0.1, 0.15) is 40.7 Å². The molecule has 0 bridgehead atoms.